The van der Waals surface area contributed by atoms with Crippen LogP contribution >= 0.6 is 0 Å². The van der Waals surface area contributed by atoms with Gasteiger partial charge in [-0.05, 0) is 55.2 Å². The molecule has 0 aliphatic heterocycles. The Labute approximate surface area is 214 Å². The largest absolute Gasteiger partial charge is 0.494 e. The third kappa shape index (κ3) is 6.33. The van der Waals surface area contributed by atoms with Gasteiger partial charge in [0, 0.05) is 6.04 Å². The van der Waals surface area contributed by atoms with Gasteiger partial charge in [0.2, 0.25) is 15.9 Å². The number of sulfonamides is 1. The van der Waals surface area contributed by atoms with Crippen LogP contribution in [-0.2, 0) is 14.8 Å². The van der Waals surface area contributed by atoms with Gasteiger partial charge in [0.25, 0.3) is 0 Å². The van der Waals surface area contributed by atoms with Crippen LogP contribution in [0.3, 0.4) is 0 Å². The molecule has 1 amide bonds. The van der Waals surface area contributed by atoms with Crippen molar-refractivity contribution in [1.29, 1.82) is 0 Å². The maximum absolute atomic E-state index is 13.8. The second-order valence-corrected chi connectivity index (χ2v) is 11.0. The molecule has 0 bridgehead atoms. The molecule has 1 N–H and O–H groups in total. The lowest BCUT2D eigenvalue weighted by atomic mass is 9.95. The highest BCUT2D eigenvalue weighted by atomic mass is 32.2. The number of ether oxygens (including phenoxy) is 1. The fourth-order valence-corrected chi connectivity index (χ4v) is 6.43. The minimum Gasteiger partial charge on any atom is -0.494 e. The molecular formula is C29H34N2O4S. The smallest absolute Gasteiger partial charge is 0.243 e. The summed E-state index contributed by atoms with van der Waals surface area (Å²) >= 11 is 0. The zero-order valence-electron chi connectivity index (χ0n) is 20.7. The van der Waals surface area contributed by atoms with Gasteiger partial charge in [-0.2, -0.15) is 4.31 Å². The Balaban J connectivity index is 1.60. The topological polar surface area (TPSA) is 75.7 Å². The number of amides is 1. The summed E-state index contributed by atoms with van der Waals surface area (Å²) in [7, 11) is -3.88. The van der Waals surface area contributed by atoms with Crippen molar-refractivity contribution in [3.05, 3.63) is 96.1 Å². The average Bonchev–Trinajstić information content (AvgIpc) is 2.92. The molecule has 0 spiro atoms. The molecule has 6 nitrogen and oxygen atoms in total. The van der Waals surface area contributed by atoms with Gasteiger partial charge in [-0.1, -0.05) is 79.9 Å². The molecule has 7 heteroatoms. The lowest BCUT2D eigenvalue weighted by Gasteiger charge is -2.33. The Morgan fingerprint density at radius 3 is 1.97 bits per heavy atom. The Kier molecular flexibility index (Phi) is 8.78. The number of benzene rings is 3. The molecule has 3 aromatic carbocycles. The molecule has 4 rings (SSSR count). The van der Waals surface area contributed by atoms with Crippen LogP contribution in [0.4, 0.5) is 0 Å². The first-order valence-corrected chi connectivity index (χ1v) is 14.1. The van der Waals surface area contributed by atoms with Gasteiger partial charge < -0.3 is 10.1 Å². The monoisotopic (exact) mass is 506 g/mol. The molecular weight excluding hydrogens is 472 g/mol. The molecule has 1 fully saturated rings. The maximum atomic E-state index is 13.8. The van der Waals surface area contributed by atoms with Crippen LogP contribution in [0.15, 0.2) is 89.8 Å². The average molecular weight is 507 g/mol. The quantitative estimate of drug-likeness (QED) is 0.404. The number of hydrogen-bond donors (Lipinski definition) is 1. The van der Waals surface area contributed by atoms with Crippen LogP contribution in [-0.4, -0.2) is 37.8 Å². The van der Waals surface area contributed by atoms with Crippen LogP contribution in [0, 0.1) is 0 Å². The zero-order chi connectivity index (χ0) is 25.4. The van der Waals surface area contributed by atoms with Crippen molar-refractivity contribution >= 4 is 15.9 Å². The van der Waals surface area contributed by atoms with Crippen molar-refractivity contribution in [3.8, 4) is 5.75 Å². The third-order valence-corrected chi connectivity index (χ3v) is 8.51. The van der Waals surface area contributed by atoms with Crippen LogP contribution in [0.1, 0.15) is 56.2 Å². The van der Waals surface area contributed by atoms with E-state index in [-0.39, 0.29) is 29.4 Å². The second kappa shape index (κ2) is 12.2. The highest BCUT2D eigenvalue weighted by molar-refractivity contribution is 7.89. The predicted molar refractivity (Wildman–Crippen MR) is 141 cm³/mol. The number of rotatable bonds is 10. The predicted octanol–water partition coefficient (Wildman–Crippen LogP) is 5.31. The van der Waals surface area contributed by atoms with Crippen LogP contribution < -0.4 is 10.1 Å². The van der Waals surface area contributed by atoms with E-state index >= 15 is 0 Å². The number of nitrogens with one attached hydrogen (secondary N) is 1. The van der Waals surface area contributed by atoms with E-state index in [9.17, 15) is 13.2 Å². The van der Waals surface area contributed by atoms with Crippen molar-refractivity contribution < 1.29 is 17.9 Å². The van der Waals surface area contributed by atoms with Gasteiger partial charge in [-0.15, -0.1) is 0 Å². The Bertz CT molecular complexity index is 1170. The van der Waals surface area contributed by atoms with E-state index in [0.29, 0.717) is 12.4 Å². The fraction of sp³-hybridized carbons (Fsp3) is 0.345. The van der Waals surface area contributed by atoms with Gasteiger partial charge in [-0.3, -0.25) is 4.79 Å². The zero-order valence-corrected chi connectivity index (χ0v) is 21.5. The van der Waals surface area contributed by atoms with Crippen molar-refractivity contribution in [2.75, 3.05) is 13.2 Å². The van der Waals surface area contributed by atoms with E-state index in [1.54, 1.807) is 24.3 Å². The van der Waals surface area contributed by atoms with E-state index in [1.165, 1.54) is 4.31 Å². The van der Waals surface area contributed by atoms with E-state index in [2.05, 4.69) is 5.32 Å². The highest BCUT2D eigenvalue weighted by Gasteiger charge is 2.34. The second-order valence-electron chi connectivity index (χ2n) is 9.07. The van der Waals surface area contributed by atoms with Crippen LogP contribution in [0.2, 0.25) is 0 Å². The highest BCUT2D eigenvalue weighted by Crippen LogP contribution is 2.29. The summed E-state index contributed by atoms with van der Waals surface area (Å²) < 4.78 is 34.4. The molecule has 1 aliphatic rings. The number of nitrogens with zero attached hydrogens (tertiary/aromatic N) is 1. The Morgan fingerprint density at radius 2 is 1.44 bits per heavy atom. The summed E-state index contributed by atoms with van der Waals surface area (Å²) in [5, 5.41) is 3.10. The van der Waals surface area contributed by atoms with Crippen molar-refractivity contribution in [1.82, 2.24) is 9.62 Å². The summed E-state index contributed by atoms with van der Waals surface area (Å²) in [4.78, 5) is 13.6. The van der Waals surface area contributed by atoms with Crippen LogP contribution in [0.5, 0.6) is 5.75 Å². The van der Waals surface area contributed by atoms with Gasteiger partial charge in [-0.25, -0.2) is 8.42 Å². The first-order chi connectivity index (χ1) is 17.5. The first kappa shape index (κ1) is 25.9. The molecule has 0 aromatic heterocycles. The summed E-state index contributed by atoms with van der Waals surface area (Å²) in [6.45, 7) is 2.16. The molecule has 190 valence electrons. The molecule has 0 unspecified atom stereocenters. The summed E-state index contributed by atoms with van der Waals surface area (Å²) in [5.41, 5.74) is 1.88. The van der Waals surface area contributed by atoms with Crippen molar-refractivity contribution in [3.63, 3.8) is 0 Å². The van der Waals surface area contributed by atoms with Gasteiger partial charge in [0.1, 0.15) is 5.75 Å². The fourth-order valence-electron chi connectivity index (χ4n) is 4.79. The van der Waals surface area contributed by atoms with E-state index in [0.717, 1.165) is 43.2 Å². The number of hydrogen-bond acceptors (Lipinski definition) is 4. The van der Waals surface area contributed by atoms with Gasteiger partial charge in [0.05, 0.1) is 24.1 Å². The number of carbonyl (C=O) groups is 1. The standard InChI is InChI=1S/C29H34N2O4S/c1-2-35-26-18-20-27(21-19-26)36(33,34)31(25-16-10-5-11-17-25)22-28(32)30-29(23-12-6-3-7-13-23)24-14-8-4-9-15-24/h3-4,6-9,12-15,18-21,25,29H,2,5,10-11,16-17,22H2,1H3,(H,30,32). The first-order valence-electron chi connectivity index (χ1n) is 12.6. The molecule has 0 saturated heterocycles. The summed E-state index contributed by atoms with van der Waals surface area (Å²) in [6, 6.07) is 25.3. The van der Waals surface area contributed by atoms with E-state index in [4.69, 9.17) is 4.74 Å². The van der Waals surface area contributed by atoms with E-state index in [1.807, 2.05) is 67.6 Å². The maximum Gasteiger partial charge on any atom is 0.243 e. The summed E-state index contributed by atoms with van der Waals surface area (Å²) in [6.07, 6.45) is 4.51. The normalized spacial score (nSPS) is 14.6. The lowest BCUT2D eigenvalue weighted by Crippen LogP contribution is -2.47. The SMILES string of the molecule is CCOc1ccc(S(=O)(=O)N(CC(=O)NC(c2ccccc2)c2ccccc2)C2CCCCC2)cc1. The minimum atomic E-state index is -3.88. The van der Waals surface area contributed by atoms with E-state index < -0.39 is 10.0 Å². The molecule has 0 radical (unpaired) electrons. The van der Waals surface area contributed by atoms with Crippen LogP contribution in [0.25, 0.3) is 0 Å². The molecule has 0 atom stereocenters. The lowest BCUT2D eigenvalue weighted by molar-refractivity contribution is -0.122. The molecule has 1 saturated carbocycles. The third-order valence-electron chi connectivity index (χ3n) is 6.59. The summed E-state index contributed by atoms with van der Waals surface area (Å²) in [5.74, 6) is 0.291. The Hall–Kier alpha value is -3.16. The van der Waals surface area contributed by atoms with Gasteiger partial charge >= 0.3 is 0 Å². The van der Waals surface area contributed by atoms with Crippen molar-refractivity contribution in [2.24, 2.45) is 0 Å². The molecule has 0 heterocycles. The number of carbonyl (C=O) groups excluding carboxylic acids is 1. The molecule has 3 aromatic rings. The van der Waals surface area contributed by atoms with Gasteiger partial charge in [0.15, 0.2) is 0 Å². The minimum absolute atomic E-state index is 0.173. The molecule has 36 heavy (non-hydrogen) atoms. The van der Waals surface area contributed by atoms with Crippen molar-refractivity contribution in [2.45, 2.75) is 56.0 Å². The molecule has 1 aliphatic carbocycles. The Morgan fingerprint density at radius 1 is 0.889 bits per heavy atom.